The van der Waals surface area contributed by atoms with Gasteiger partial charge in [0.05, 0.1) is 7.85 Å². The summed E-state index contributed by atoms with van der Waals surface area (Å²) >= 11 is 0. The Morgan fingerprint density at radius 2 is 1.54 bits per heavy atom. The lowest BCUT2D eigenvalue weighted by atomic mass is 9.91. The summed E-state index contributed by atoms with van der Waals surface area (Å²) in [7, 11) is 4.85. The number of hydrogen-bond donors (Lipinski definition) is 1. The zero-order chi connectivity index (χ0) is 19.0. The van der Waals surface area contributed by atoms with Crippen LogP contribution in [-0.4, -0.2) is 31.1 Å². The van der Waals surface area contributed by atoms with E-state index in [2.05, 4.69) is 5.32 Å². The van der Waals surface area contributed by atoms with Crippen LogP contribution in [0.5, 0.6) is 0 Å². The Morgan fingerprint density at radius 1 is 1.08 bits per heavy atom. The van der Waals surface area contributed by atoms with Gasteiger partial charge in [-0.2, -0.15) is 0 Å². The van der Waals surface area contributed by atoms with Gasteiger partial charge in [0.15, 0.2) is 11.4 Å². The molecule has 0 aliphatic heterocycles. The van der Waals surface area contributed by atoms with Gasteiger partial charge in [0, 0.05) is 5.69 Å². The molecular weight excluding hydrogens is 305 g/mol. The first-order valence-electron chi connectivity index (χ1n) is 7.80. The van der Waals surface area contributed by atoms with Crippen molar-refractivity contribution in [3.63, 3.8) is 0 Å². The molecule has 0 aliphatic rings. The van der Waals surface area contributed by atoms with Crippen LogP contribution in [0.25, 0.3) is 0 Å². The Morgan fingerprint density at radius 3 is 1.96 bits per heavy atom. The van der Waals surface area contributed by atoms with E-state index in [0.717, 1.165) is 6.32 Å². The first-order valence-corrected chi connectivity index (χ1v) is 7.80. The standard InChI is InChI=1S/C16H21NO4.C2H5B/c1-11(18)16(4,5)21-14(20)15(2,3)13(19)17-12-9-7-6-8-10-12;1-2-3/h6-10H,1-5H3,(H,17,19);2H2,1H3. The number of carbonyl (C=O) groups excluding carboxylic acids is 3. The van der Waals surface area contributed by atoms with Crippen LogP contribution in [0.4, 0.5) is 5.69 Å². The molecule has 2 radical (unpaired) electrons. The quantitative estimate of drug-likeness (QED) is 0.511. The highest BCUT2D eigenvalue weighted by molar-refractivity contribution is 6.08. The van der Waals surface area contributed by atoms with E-state index in [-0.39, 0.29) is 5.78 Å². The predicted octanol–water partition coefficient (Wildman–Crippen LogP) is 3.16. The van der Waals surface area contributed by atoms with Gasteiger partial charge in [-0.3, -0.25) is 14.4 Å². The van der Waals surface area contributed by atoms with Crippen LogP contribution < -0.4 is 5.32 Å². The second-order valence-electron chi connectivity index (χ2n) is 6.31. The molecule has 0 unspecified atom stereocenters. The van der Waals surface area contributed by atoms with E-state index in [1.54, 1.807) is 24.3 Å². The van der Waals surface area contributed by atoms with Crippen LogP contribution in [0.1, 0.15) is 41.5 Å². The molecule has 0 saturated carbocycles. The van der Waals surface area contributed by atoms with Crippen molar-refractivity contribution in [3.05, 3.63) is 30.3 Å². The minimum absolute atomic E-state index is 0.282. The average molecular weight is 331 g/mol. The van der Waals surface area contributed by atoms with Crippen LogP contribution in [0.2, 0.25) is 6.32 Å². The number of hydrogen-bond acceptors (Lipinski definition) is 4. The molecular formula is C18H26BNO4. The summed E-state index contributed by atoms with van der Waals surface area (Å²) in [5, 5.41) is 2.65. The highest BCUT2D eigenvalue weighted by atomic mass is 16.6. The summed E-state index contributed by atoms with van der Waals surface area (Å²) in [4.78, 5) is 35.8. The molecule has 130 valence electrons. The summed E-state index contributed by atoms with van der Waals surface area (Å²) < 4.78 is 5.17. The number of esters is 1. The van der Waals surface area contributed by atoms with E-state index in [1.165, 1.54) is 34.6 Å². The lowest BCUT2D eigenvalue weighted by molar-refractivity contribution is -0.173. The fourth-order valence-corrected chi connectivity index (χ4v) is 1.33. The van der Waals surface area contributed by atoms with E-state index < -0.39 is 22.9 Å². The summed E-state index contributed by atoms with van der Waals surface area (Å²) in [6.07, 6.45) is 0.750. The molecule has 1 amide bonds. The van der Waals surface area contributed by atoms with Gasteiger partial charge in [0.1, 0.15) is 5.41 Å². The number of nitrogens with one attached hydrogen (secondary N) is 1. The number of ether oxygens (including phenoxy) is 1. The van der Waals surface area contributed by atoms with Crippen LogP contribution >= 0.6 is 0 Å². The molecule has 1 rings (SSSR count). The molecule has 5 nitrogen and oxygen atoms in total. The monoisotopic (exact) mass is 331 g/mol. The maximum Gasteiger partial charge on any atom is 0.322 e. The molecule has 0 aromatic heterocycles. The van der Waals surface area contributed by atoms with E-state index in [9.17, 15) is 14.4 Å². The van der Waals surface area contributed by atoms with Gasteiger partial charge in [0.2, 0.25) is 5.91 Å². The third-order valence-corrected chi connectivity index (χ3v) is 3.31. The van der Waals surface area contributed by atoms with Crippen LogP contribution in [-0.2, 0) is 19.1 Å². The number of carbonyl (C=O) groups is 3. The van der Waals surface area contributed by atoms with Crippen LogP contribution in [0.15, 0.2) is 30.3 Å². The normalized spacial score (nSPS) is 10.9. The zero-order valence-electron chi connectivity index (χ0n) is 15.3. The SMILES string of the molecule is CC(=O)C(C)(C)OC(=O)C(C)(C)C(=O)Nc1ccccc1.[B]CC. The van der Waals surface area contributed by atoms with E-state index in [4.69, 9.17) is 12.6 Å². The second-order valence-corrected chi connectivity index (χ2v) is 6.31. The molecule has 0 bridgehead atoms. The van der Waals surface area contributed by atoms with Gasteiger partial charge in [-0.25, -0.2) is 0 Å². The third-order valence-electron chi connectivity index (χ3n) is 3.31. The molecule has 1 N–H and O–H groups in total. The molecule has 0 atom stereocenters. The first-order chi connectivity index (χ1) is 11.0. The number of rotatable bonds is 5. The van der Waals surface area contributed by atoms with E-state index in [1.807, 2.05) is 13.0 Å². The zero-order valence-corrected chi connectivity index (χ0v) is 15.3. The first kappa shape index (κ1) is 21.9. The summed E-state index contributed by atoms with van der Waals surface area (Å²) in [6.45, 7) is 9.16. The van der Waals surface area contributed by atoms with Crippen LogP contribution in [0.3, 0.4) is 0 Å². The van der Waals surface area contributed by atoms with Gasteiger partial charge < -0.3 is 10.1 Å². The maximum absolute atomic E-state index is 12.2. The molecule has 6 heteroatoms. The van der Waals surface area contributed by atoms with Gasteiger partial charge in [-0.05, 0) is 46.8 Å². The van der Waals surface area contributed by atoms with Gasteiger partial charge in [0.25, 0.3) is 0 Å². The number of amides is 1. The number of benzene rings is 1. The number of para-hydroxylation sites is 1. The fraction of sp³-hybridized carbons (Fsp3) is 0.500. The van der Waals surface area contributed by atoms with Crippen molar-refractivity contribution in [1.29, 1.82) is 0 Å². The lowest BCUT2D eigenvalue weighted by Gasteiger charge is -2.28. The maximum atomic E-state index is 12.2. The molecule has 0 spiro atoms. The van der Waals surface area contributed by atoms with E-state index >= 15 is 0 Å². The Hall–Kier alpha value is -2.11. The molecule has 1 aromatic rings. The van der Waals surface area contributed by atoms with Crippen molar-refractivity contribution < 1.29 is 19.1 Å². The smallest absolute Gasteiger partial charge is 0.322 e. The minimum Gasteiger partial charge on any atom is -0.451 e. The minimum atomic E-state index is -1.40. The fourth-order valence-electron chi connectivity index (χ4n) is 1.33. The molecule has 1 aromatic carbocycles. The highest BCUT2D eigenvalue weighted by Crippen LogP contribution is 2.24. The van der Waals surface area contributed by atoms with Crippen molar-refractivity contribution in [2.75, 3.05) is 5.32 Å². The Labute approximate surface area is 145 Å². The van der Waals surface area contributed by atoms with Crippen molar-refractivity contribution in [2.45, 2.75) is 53.5 Å². The third kappa shape index (κ3) is 6.56. The molecule has 24 heavy (non-hydrogen) atoms. The Kier molecular flexibility index (Phi) is 8.44. The van der Waals surface area contributed by atoms with Crippen molar-refractivity contribution >= 4 is 31.2 Å². The lowest BCUT2D eigenvalue weighted by Crippen LogP contribution is -2.45. The summed E-state index contributed by atoms with van der Waals surface area (Å²) in [5.41, 5.74) is -2.06. The largest absolute Gasteiger partial charge is 0.451 e. The molecule has 0 aliphatic carbocycles. The summed E-state index contributed by atoms with van der Waals surface area (Å²) in [6, 6.07) is 8.82. The van der Waals surface area contributed by atoms with Crippen molar-refractivity contribution in [3.8, 4) is 0 Å². The highest BCUT2D eigenvalue weighted by Gasteiger charge is 2.41. The van der Waals surface area contributed by atoms with Crippen molar-refractivity contribution in [2.24, 2.45) is 5.41 Å². The average Bonchev–Trinajstić information content (AvgIpc) is 2.48. The number of Topliss-reactive ketones (excluding diaryl/α,β-unsaturated/α-hetero) is 1. The predicted molar refractivity (Wildman–Crippen MR) is 95.9 cm³/mol. The van der Waals surface area contributed by atoms with Crippen molar-refractivity contribution in [1.82, 2.24) is 0 Å². The number of ketones is 1. The number of anilines is 1. The molecule has 0 saturated heterocycles. The molecule has 0 heterocycles. The van der Waals surface area contributed by atoms with Gasteiger partial charge >= 0.3 is 5.97 Å². The Bertz CT molecular complexity index is 568. The van der Waals surface area contributed by atoms with Gasteiger partial charge in [-0.1, -0.05) is 31.4 Å². The Balaban J connectivity index is 0.00000163. The summed E-state index contributed by atoms with van der Waals surface area (Å²) in [5.74, 6) is -1.51. The van der Waals surface area contributed by atoms with E-state index in [0.29, 0.717) is 5.69 Å². The second kappa shape index (κ2) is 9.25. The molecule has 0 fully saturated rings. The van der Waals surface area contributed by atoms with Crippen LogP contribution in [0, 0.1) is 5.41 Å². The van der Waals surface area contributed by atoms with Gasteiger partial charge in [-0.15, -0.1) is 0 Å². The topological polar surface area (TPSA) is 72.5 Å².